The van der Waals surface area contributed by atoms with Gasteiger partial charge in [0.2, 0.25) is 5.91 Å². The molecule has 0 radical (unpaired) electrons. The molecular weight excluding hydrogens is 358 g/mol. The first kappa shape index (κ1) is 17.6. The van der Waals surface area contributed by atoms with Crippen molar-refractivity contribution in [1.82, 2.24) is 4.90 Å². The molecule has 1 aromatic carbocycles. The molecule has 1 saturated heterocycles. The van der Waals surface area contributed by atoms with E-state index in [0.29, 0.717) is 24.4 Å². The zero-order chi connectivity index (χ0) is 17.9. The molecule has 0 saturated carbocycles. The van der Waals surface area contributed by atoms with Crippen LogP contribution < -0.4 is 5.32 Å². The molecule has 0 bridgehead atoms. The minimum absolute atomic E-state index is 0.122. The lowest BCUT2D eigenvalue weighted by Crippen LogP contribution is -2.20. The Kier molecular flexibility index (Phi) is 5.19. The van der Waals surface area contributed by atoms with Gasteiger partial charge in [0, 0.05) is 30.6 Å². The second-order valence-corrected chi connectivity index (χ2v) is 8.47. The van der Waals surface area contributed by atoms with E-state index in [1.807, 2.05) is 29.5 Å². The van der Waals surface area contributed by atoms with E-state index < -0.39 is 10.0 Å². The molecule has 1 fully saturated rings. The highest BCUT2D eigenvalue weighted by Gasteiger charge is 2.20. The van der Waals surface area contributed by atoms with Crippen LogP contribution in [0.25, 0.3) is 0 Å². The van der Waals surface area contributed by atoms with Crippen molar-refractivity contribution in [3.8, 4) is 0 Å². The van der Waals surface area contributed by atoms with E-state index in [0.717, 1.165) is 17.8 Å². The van der Waals surface area contributed by atoms with E-state index in [1.54, 1.807) is 12.1 Å². The summed E-state index contributed by atoms with van der Waals surface area (Å²) in [5, 5.41) is 4.69. The van der Waals surface area contributed by atoms with E-state index in [-0.39, 0.29) is 10.8 Å². The topological polar surface area (TPSA) is 78.8 Å². The quantitative estimate of drug-likeness (QED) is 0.869. The maximum absolute atomic E-state index is 12.4. The molecule has 1 aromatic heterocycles. The highest BCUT2D eigenvalue weighted by Crippen LogP contribution is 2.19. The Balaban J connectivity index is 1.68. The molecule has 6 nitrogen and oxygen atoms in total. The predicted molar refractivity (Wildman–Crippen MR) is 99.6 cm³/mol. The minimum Gasteiger partial charge on any atom is -0.362 e. The van der Waals surface area contributed by atoms with Crippen molar-refractivity contribution in [2.24, 2.45) is 4.40 Å². The summed E-state index contributed by atoms with van der Waals surface area (Å²) < 4.78 is 28.7. The molecule has 0 spiro atoms. The van der Waals surface area contributed by atoms with Gasteiger partial charge in [-0.15, -0.1) is 15.7 Å². The summed E-state index contributed by atoms with van der Waals surface area (Å²) in [5.74, 6) is 0.458. The number of rotatable bonds is 5. The number of sulfonamides is 1. The molecule has 1 amide bonds. The number of nitrogens with zero attached hydrogens (tertiary/aromatic N) is 2. The fourth-order valence-corrected chi connectivity index (χ4v) is 4.38. The lowest BCUT2D eigenvalue weighted by molar-refractivity contribution is -0.115. The Morgan fingerprint density at radius 2 is 2.04 bits per heavy atom. The number of carbonyl (C=O) groups is 1. The second-order valence-electron chi connectivity index (χ2n) is 5.84. The van der Waals surface area contributed by atoms with Crippen molar-refractivity contribution in [3.05, 3.63) is 46.7 Å². The Labute approximate surface area is 151 Å². The van der Waals surface area contributed by atoms with Crippen LogP contribution in [0.1, 0.15) is 17.7 Å². The van der Waals surface area contributed by atoms with E-state index in [1.165, 1.54) is 23.5 Å². The number of thiophene rings is 1. The van der Waals surface area contributed by atoms with E-state index in [9.17, 15) is 13.2 Å². The summed E-state index contributed by atoms with van der Waals surface area (Å²) >= 11 is 1.52. The van der Waals surface area contributed by atoms with Crippen LogP contribution in [0.15, 0.2) is 51.1 Å². The first-order chi connectivity index (χ1) is 11.9. The molecular formula is C17H19N3O3S2. The highest BCUT2D eigenvalue weighted by atomic mass is 32.2. The maximum atomic E-state index is 12.4. The van der Waals surface area contributed by atoms with Crippen molar-refractivity contribution < 1.29 is 13.2 Å². The van der Waals surface area contributed by atoms with Gasteiger partial charge in [-0.2, -0.15) is 8.42 Å². The van der Waals surface area contributed by atoms with Crippen LogP contribution in [-0.4, -0.2) is 38.7 Å². The number of amides is 1. The molecule has 0 atom stereocenters. The molecule has 0 aliphatic carbocycles. The summed E-state index contributed by atoms with van der Waals surface area (Å²) in [4.78, 5) is 14.9. The standard InChI is InChI=1S/C17H19N3O3S2/c1-20-10-2-5-16(20)19-25(22,23)15-8-6-13(7-9-15)18-17(21)12-14-4-3-11-24-14/h3-4,6-9,11H,2,5,10,12H2,1H3,(H,18,21). The number of anilines is 1. The number of hydrogen-bond acceptors (Lipinski definition) is 4. The highest BCUT2D eigenvalue weighted by molar-refractivity contribution is 7.90. The lowest BCUT2D eigenvalue weighted by Gasteiger charge is -2.11. The average molecular weight is 377 g/mol. The van der Waals surface area contributed by atoms with E-state index >= 15 is 0 Å². The molecule has 1 aliphatic rings. The van der Waals surface area contributed by atoms with Gasteiger partial charge in [0.1, 0.15) is 5.84 Å². The van der Waals surface area contributed by atoms with Crippen molar-refractivity contribution in [3.63, 3.8) is 0 Å². The number of nitrogens with one attached hydrogen (secondary N) is 1. The van der Waals surface area contributed by atoms with Crippen LogP contribution in [0.2, 0.25) is 0 Å². The second kappa shape index (κ2) is 7.37. The summed E-state index contributed by atoms with van der Waals surface area (Å²) in [6.07, 6.45) is 1.89. The number of likely N-dealkylation sites (tertiary alicyclic amines) is 1. The molecule has 3 rings (SSSR count). The third-order valence-electron chi connectivity index (χ3n) is 3.91. The maximum Gasteiger partial charge on any atom is 0.283 e. The molecule has 25 heavy (non-hydrogen) atoms. The smallest absolute Gasteiger partial charge is 0.283 e. The van der Waals surface area contributed by atoms with Crippen LogP contribution in [0.5, 0.6) is 0 Å². The first-order valence-electron chi connectivity index (χ1n) is 7.91. The zero-order valence-electron chi connectivity index (χ0n) is 13.8. The fraction of sp³-hybridized carbons (Fsp3) is 0.294. The van der Waals surface area contributed by atoms with Gasteiger partial charge in [0.05, 0.1) is 11.3 Å². The van der Waals surface area contributed by atoms with Crippen LogP contribution in [0.3, 0.4) is 0 Å². The van der Waals surface area contributed by atoms with Crippen molar-refractivity contribution in [2.45, 2.75) is 24.2 Å². The van der Waals surface area contributed by atoms with Gasteiger partial charge in [-0.05, 0) is 42.1 Å². The first-order valence-corrected chi connectivity index (χ1v) is 10.2. The lowest BCUT2D eigenvalue weighted by atomic mass is 10.3. The predicted octanol–water partition coefficient (Wildman–Crippen LogP) is 2.74. The molecule has 8 heteroatoms. The van der Waals surface area contributed by atoms with Gasteiger partial charge in [0.25, 0.3) is 10.0 Å². The molecule has 0 unspecified atom stereocenters. The Morgan fingerprint density at radius 3 is 2.64 bits per heavy atom. The third kappa shape index (κ3) is 4.46. The third-order valence-corrected chi connectivity index (χ3v) is 6.11. The van der Waals surface area contributed by atoms with Gasteiger partial charge < -0.3 is 10.2 Å². The average Bonchev–Trinajstić information content (AvgIpc) is 3.20. The molecule has 1 aliphatic heterocycles. The Bertz CT molecular complexity index is 872. The van der Waals surface area contributed by atoms with Crippen LogP contribution in [0.4, 0.5) is 5.69 Å². The van der Waals surface area contributed by atoms with Crippen LogP contribution >= 0.6 is 11.3 Å². The number of carbonyl (C=O) groups excluding carboxylic acids is 1. The van der Waals surface area contributed by atoms with Gasteiger partial charge in [-0.25, -0.2) is 0 Å². The fourth-order valence-electron chi connectivity index (χ4n) is 2.59. The summed E-state index contributed by atoms with van der Waals surface area (Å²) in [6.45, 7) is 0.823. The molecule has 1 N–H and O–H groups in total. The number of amidine groups is 1. The summed E-state index contributed by atoms with van der Waals surface area (Å²) in [7, 11) is -1.89. The van der Waals surface area contributed by atoms with Gasteiger partial charge >= 0.3 is 0 Å². The van der Waals surface area contributed by atoms with Crippen LogP contribution in [-0.2, 0) is 21.2 Å². The molecule has 2 aromatic rings. The van der Waals surface area contributed by atoms with Gasteiger partial charge in [-0.3, -0.25) is 4.79 Å². The van der Waals surface area contributed by atoms with E-state index in [4.69, 9.17) is 0 Å². The largest absolute Gasteiger partial charge is 0.362 e. The minimum atomic E-state index is -3.73. The van der Waals surface area contributed by atoms with Gasteiger partial charge in [-0.1, -0.05) is 6.07 Å². The zero-order valence-corrected chi connectivity index (χ0v) is 15.4. The van der Waals surface area contributed by atoms with E-state index in [2.05, 4.69) is 9.71 Å². The van der Waals surface area contributed by atoms with Crippen molar-refractivity contribution >= 4 is 38.8 Å². The van der Waals surface area contributed by atoms with Gasteiger partial charge in [0.15, 0.2) is 0 Å². The molecule has 2 heterocycles. The Hall–Kier alpha value is -2.19. The van der Waals surface area contributed by atoms with Crippen molar-refractivity contribution in [2.75, 3.05) is 18.9 Å². The summed E-state index contributed by atoms with van der Waals surface area (Å²) in [6, 6.07) is 9.90. The van der Waals surface area contributed by atoms with Crippen LogP contribution in [0, 0.1) is 0 Å². The number of hydrogen-bond donors (Lipinski definition) is 1. The number of benzene rings is 1. The monoisotopic (exact) mass is 377 g/mol. The Morgan fingerprint density at radius 1 is 1.28 bits per heavy atom. The molecule has 132 valence electrons. The normalized spacial score (nSPS) is 16.4. The SMILES string of the molecule is CN1CCCC1=NS(=O)(=O)c1ccc(NC(=O)Cc2cccs2)cc1. The van der Waals surface area contributed by atoms with Crippen molar-refractivity contribution in [1.29, 1.82) is 0 Å². The summed E-state index contributed by atoms with van der Waals surface area (Å²) in [5.41, 5.74) is 0.561.